The zero-order valence-electron chi connectivity index (χ0n) is 15.9. The van der Waals surface area contributed by atoms with Crippen LogP contribution in [0.2, 0.25) is 0 Å². The number of ether oxygens (including phenoxy) is 1. The highest BCUT2D eigenvalue weighted by Crippen LogP contribution is 2.26. The van der Waals surface area contributed by atoms with Crippen LogP contribution in [0.15, 0.2) is 24.3 Å². The highest BCUT2D eigenvalue weighted by atomic mass is 16.5. The Morgan fingerprint density at radius 3 is 2.48 bits per heavy atom. The summed E-state index contributed by atoms with van der Waals surface area (Å²) in [4.78, 5) is 27.7. The van der Waals surface area contributed by atoms with Crippen molar-refractivity contribution in [2.45, 2.75) is 38.5 Å². The van der Waals surface area contributed by atoms with Crippen molar-refractivity contribution in [3.05, 3.63) is 29.8 Å². The van der Waals surface area contributed by atoms with Gasteiger partial charge in [-0.2, -0.15) is 0 Å². The fourth-order valence-electron chi connectivity index (χ4n) is 3.92. The molecule has 1 heterocycles. The second kappa shape index (κ2) is 9.60. The third-order valence-electron chi connectivity index (χ3n) is 5.58. The van der Waals surface area contributed by atoms with E-state index >= 15 is 0 Å². The molecule has 2 fully saturated rings. The molecule has 0 aromatic heterocycles. The first kappa shape index (κ1) is 19.5. The number of urea groups is 1. The molecule has 1 aromatic carbocycles. The molecule has 0 atom stereocenters. The molecule has 1 aromatic rings. The predicted octanol–water partition coefficient (Wildman–Crippen LogP) is 2.38. The number of nitrogens with two attached hydrogens (primary N) is 1. The van der Waals surface area contributed by atoms with E-state index in [2.05, 4.69) is 5.43 Å². The van der Waals surface area contributed by atoms with E-state index in [1.54, 1.807) is 9.80 Å². The van der Waals surface area contributed by atoms with Gasteiger partial charge in [-0.15, -0.1) is 0 Å². The van der Waals surface area contributed by atoms with Crippen molar-refractivity contribution in [3.8, 4) is 5.75 Å². The number of rotatable bonds is 5. The Kier molecular flexibility index (Phi) is 6.92. The minimum atomic E-state index is -0.310. The lowest BCUT2D eigenvalue weighted by atomic mass is 9.87. The standard InChI is InChI=1S/C20H30N4O3/c21-22-20(26)24-12-10-23(11-13-24)19(25)17-7-4-8-18(15-17)27-14-9-16-5-2-1-3-6-16/h4,7-8,15-16H,1-3,5-6,9-14,21H2,(H,22,26). The first-order valence-electron chi connectivity index (χ1n) is 9.95. The van der Waals surface area contributed by atoms with Gasteiger partial charge >= 0.3 is 6.03 Å². The summed E-state index contributed by atoms with van der Waals surface area (Å²) in [7, 11) is 0. The smallest absolute Gasteiger partial charge is 0.331 e. The first-order valence-corrected chi connectivity index (χ1v) is 9.95. The van der Waals surface area contributed by atoms with Crippen LogP contribution in [-0.2, 0) is 0 Å². The number of nitrogens with zero attached hydrogens (tertiary/aromatic N) is 2. The van der Waals surface area contributed by atoms with Crippen LogP contribution in [0.25, 0.3) is 0 Å². The van der Waals surface area contributed by atoms with Gasteiger partial charge in [0.05, 0.1) is 6.61 Å². The maximum Gasteiger partial charge on any atom is 0.331 e. The van der Waals surface area contributed by atoms with Gasteiger partial charge in [-0.25, -0.2) is 10.6 Å². The van der Waals surface area contributed by atoms with Gasteiger partial charge in [0, 0.05) is 31.7 Å². The fraction of sp³-hybridized carbons (Fsp3) is 0.600. The second-order valence-corrected chi connectivity index (χ2v) is 7.40. The molecule has 0 bridgehead atoms. The zero-order chi connectivity index (χ0) is 19.1. The lowest BCUT2D eigenvalue weighted by molar-refractivity contribution is 0.0664. The van der Waals surface area contributed by atoms with Crippen molar-refractivity contribution in [3.63, 3.8) is 0 Å². The van der Waals surface area contributed by atoms with Crippen LogP contribution in [0.1, 0.15) is 48.9 Å². The highest BCUT2D eigenvalue weighted by molar-refractivity contribution is 5.94. The normalized spacial score (nSPS) is 18.3. The summed E-state index contributed by atoms with van der Waals surface area (Å²) < 4.78 is 5.90. The molecular formula is C20H30N4O3. The predicted molar refractivity (Wildman–Crippen MR) is 103 cm³/mol. The lowest BCUT2D eigenvalue weighted by Gasteiger charge is -2.34. The third kappa shape index (κ3) is 5.35. The number of carbonyl (C=O) groups excluding carboxylic acids is 2. The Hall–Kier alpha value is -2.28. The number of hydrazine groups is 1. The van der Waals surface area contributed by atoms with E-state index in [0.717, 1.165) is 18.1 Å². The van der Waals surface area contributed by atoms with E-state index in [4.69, 9.17) is 10.6 Å². The largest absolute Gasteiger partial charge is 0.494 e. The maximum atomic E-state index is 12.7. The summed E-state index contributed by atoms with van der Waals surface area (Å²) in [6, 6.07) is 7.09. The molecule has 27 heavy (non-hydrogen) atoms. The van der Waals surface area contributed by atoms with Crippen LogP contribution in [0.3, 0.4) is 0 Å². The van der Waals surface area contributed by atoms with E-state index in [1.807, 2.05) is 24.3 Å². The zero-order valence-corrected chi connectivity index (χ0v) is 15.9. The summed E-state index contributed by atoms with van der Waals surface area (Å²) in [5, 5.41) is 0. The number of hydrogen-bond acceptors (Lipinski definition) is 4. The molecule has 3 rings (SSSR count). The topological polar surface area (TPSA) is 87.9 Å². The van der Waals surface area contributed by atoms with E-state index in [9.17, 15) is 9.59 Å². The van der Waals surface area contributed by atoms with Crippen LogP contribution in [-0.4, -0.2) is 54.5 Å². The Balaban J connectivity index is 1.49. The molecule has 0 unspecified atom stereocenters. The van der Waals surface area contributed by atoms with Crippen LogP contribution in [0.5, 0.6) is 5.75 Å². The van der Waals surface area contributed by atoms with Crippen LogP contribution < -0.4 is 16.0 Å². The van der Waals surface area contributed by atoms with Crippen molar-refractivity contribution < 1.29 is 14.3 Å². The fourth-order valence-corrected chi connectivity index (χ4v) is 3.92. The van der Waals surface area contributed by atoms with Gasteiger partial charge < -0.3 is 14.5 Å². The molecule has 7 nitrogen and oxygen atoms in total. The Morgan fingerprint density at radius 1 is 1.07 bits per heavy atom. The average Bonchev–Trinajstić information content (AvgIpc) is 2.74. The molecule has 0 radical (unpaired) electrons. The third-order valence-corrected chi connectivity index (χ3v) is 5.58. The van der Waals surface area contributed by atoms with Crippen molar-refractivity contribution >= 4 is 11.9 Å². The number of nitrogens with one attached hydrogen (secondary N) is 1. The van der Waals surface area contributed by atoms with Crippen molar-refractivity contribution in [1.29, 1.82) is 0 Å². The molecule has 148 valence electrons. The molecule has 1 saturated heterocycles. The van der Waals surface area contributed by atoms with Crippen molar-refractivity contribution in [2.24, 2.45) is 11.8 Å². The Labute approximate surface area is 160 Å². The molecule has 3 N–H and O–H groups in total. The first-order chi connectivity index (χ1) is 13.2. The Bertz CT molecular complexity index is 638. The molecule has 3 amide bonds. The van der Waals surface area contributed by atoms with E-state index < -0.39 is 0 Å². The minimum absolute atomic E-state index is 0.0273. The van der Waals surface area contributed by atoms with Crippen molar-refractivity contribution in [2.75, 3.05) is 32.8 Å². The number of amides is 3. The van der Waals surface area contributed by atoms with Gasteiger partial charge in [0.2, 0.25) is 0 Å². The SMILES string of the molecule is NNC(=O)N1CCN(C(=O)c2cccc(OCCC3CCCCC3)c2)CC1. The number of hydrogen-bond donors (Lipinski definition) is 2. The highest BCUT2D eigenvalue weighted by Gasteiger charge is 2.24. The van der Waals surface area contributed by atoms with Gasteiger partial charge in [0.1, 0.15) is 5.75 Å². The molecule has 1 saturated carbocycles. The monoisotopic (exact) mass is 374 g/mol. The molecule has 0 spiro atoms. The lowest BCUT2D eigenvalue weighted by Crippen LogP contribution is -2.54. The van der Waals surface area contributed by atoms with E-state index in [0.29, 0.717) is 38.3 Å². The van der Waals surface area contributed by atoms with Gasteiger partial charge in [-0.3, -0.25) is 10.2 Å². The maximum absolute atomic E-state index is 12.7. The quantitative estimate of drug-likeness (QED) is 0.471. The summed E-state index contributed by atoms with van der Waals surface area (Å²) >= 11 is 0. The molecule has 7 heteroatoms. The molecule has 1 aliphatic heterocycles. The van der Waals surface area contributed by atoms with E-state index in [-0.39, 0.29) is 11.9 Å². The summed E-state index contributed by atoms with van der Waals surface area (Å²) in [6.07, 6.45) is 7.77. The van der Waals surface area contributed by atoms with Gasteiger partial charge in [0.25, 0.3) is 5.91 Å². The molecule has 2 aliphatic rings. The van der Waals surface area contributed by atoms with Gasteiger partial charge in [-0.05, 0) is 30.5 Å². The van der Waals surface area contributed by atoms with E-state index in [1.165, 1.54) is 32.1 Å². The average molecular weight is 374 g/mol. The summed E-state index contributed by atoms with van der Waals surface area (Å²) in [5.41, 5.74) is 2.75. The number of piperazine rings is 1. The van der Waals surface area contributed by atoms with Crippen LogP contribution >= 0.6 is 0 Å². The number of benzene rings is 1. The second-order valence-electron chi connectivity index (χ2n) is 7.40. The minimum Gasteiger partial charge on any atom is -0.494 e. The molecule has 1 aliphatic carbocycles. The van der Waals surface area contributed by atoms with Crippen LogP contribution in [0.4, 0.5) is 4.79 Å². The van der Waals surface area contributed by atoms with Crippen LogP contribution in [0, 0.1) is 5.92 Å². The molecular weight excluding hydrogens is 344 g/mol. The summed E-state index contributed by atoms with van der Waals surface area (Å²) in [5.74, 6) is 6.66. The van der Waals surface area contributed by atoms with Gasteiger partial charge in [0.15, 0.2) is 0 Å². The summed E-state index contributed by atoms with van der Waals surface area (Å²) in [6.45, 7) is 2.66. The van der Waals surface area contributed by atoms with Gasteiger partial charge in [-0.1, -0.05) is 38.2 Å². The van der Waals surface area contributed by atoms with Crippen molar-refractivity contribution in [1.82, 2.24) is 15.2 Å². The number of carbonyl (C=O) groups is 2. The Morgan fingerprint density at radius 2 is 1.78 bits per heavy atom.